The molecule has 0 N–H and O–H groups in total. The number of unbranched alkanes of at least 4 members (excludes halogenated alkanes) is 6. The van der Waals surface area contributed by atoms with Gasteiger partial charge in [0.2, 0.25) is 0 Å². The molecule has 113 valence electrons. The zero-order chi connectivity index (χ0) is 14.6. The van der Waals surface area contributed by atoms with Crippen LogP contribution >= 0.6 is 0 Å². The number of aromatic nitrogens is 3. The summed E-state index contributed by atoms with van der Waals surface area (Å²) in [4.78, 5) is 13.7. The second-order valence-corrected chi connectivity index (χ2v) is 5.44. The monoisotopic (exact) mass is 276 g/mol. The highest BCUT2D eigenvalue weighted by molar-refractivity contribution is 5.04. The molecule has 20 heavy (non-hydrogen) atoms. The van der Waals surface area contributed by atoms with Gasteiger partial charge in [-0.2, -0.15) is 0 Å². The fourth-order valence-corrected chi connectivity index (χ4v) is 2.26. The lowest BCUT2D eigenvalue weighted by molar-refractivity contribution is 0.626. The third-order valence-corrected chi connectivity index (χ3v) is 3.51. The molecular formula is C17H30N3. The van der Waals surface area contributed by atoms with Gasteiger partial charge in [-0.15, -0.1) is 0 Å². The topological polar surface area (TPSA) is 38.7 Å². The summed E-state index contributed by atoms with van der Waals surface area (Å²) < 4.78 is 0. The molecule has 1 rings (SSSR count). The van der Waals surface area contributed by atoms with Crippen molar-refractivity contribution in [1.29, 1.82) is 0 Å². The fraction of sp³-hybridized carbons (Fsp3) is 0.765. The maximum atomic E-state index is 4.63. The Hall–Kier alpha value is -0.990. The van der Waals surface area contributed by atoms with Crippen molar-refractivity contribution in [2.75, 3.05) is 0 Å². The number of hydrogen-bond acceptors (Lipinski definition) is 3. The molecule has 0 bridgehead atoms. The highest BCUT2D eigenvalue weighted by atomic mass is 15.0. The fourth-order valence-electron chi connectivity index (χ4n) is 2.26. The minimum absolute atomic E-state index is 0.844. The van der Waals surface area contributed by atoms with E-state index in [0.29, 0.717) is 0 Å². The Kier molecular flexibility index (Phi) is 9.18. The van der Waals surface area contributed by atoms with E-state index < -0.39 is 0 Å². The molecule has 0 atom stereocenters. The smallest absolute Gasteiger partial charge is 0.136 e. The Balaban J connectivity index is 2.51. The minimum atomic E-state index is 0.844. The third kappa shape index (κ3) is 6.97. The van der Waals surface area contributed by atoms with Crippen molar-refractivity contribution in [3.05, 3.63) is 23.9 Å². The van der Waals surface area contributed by atoms with Gasteiger partial charge in [0.15, 0.2) is 0 Å². The third-order valence-electron chi connectivity index (χ3n) is 3.51. The van der Waals surface area contributed by atoms with Gasteiger partial charge in [-0.1, -0.05) is 59.3 Å². The molecule has 0 aliphatic carbocycles. The molecule has 3 heteroatoms. The van der Waals surface area contributed by atoms with E-state index in [-0.39, 0.29) is 0 Å². The van der Waals surface area contributed by atoms with Crippen molar-refractivity contribution in [2.24, 2.45) is 0 Å². The van der Waals surface area contributed by atoms with Crippen LogP contribution in [0.25, 0.3) is 0 Å². The first-order valence-electron chi connectivity index (χ1n) is 8.33. The predicted molar refractivity (Wildman–Crippen MR) is 84.6 cm³/mol. The number of nitrogens with zero attached hydrogens (tertiary/aromatic N) is 3. The van der Waals surface area contributed by atoms with Gasteiger partial charge in [-0.3, -0.25) is 0 Å². The number of hydrogen-bond donors (Lipinski definition) is 0. The van der Waals surface area contributed by atoms with Gasteiger partial charge >= 0.3 is 0 Å². The van der Waals surface area contributed by atoms with E-state index >= 15 is 0 Å². The van der Waals surface area contributed by atoms with Crippen molar-refractivity contribution in [1.82, 2.24) is 15.0 Å². The average Bonchev–Trinajstić information content (AvgIpc) is 2.48. The second kappa shape index (κ2) is 10.8. The van der Waals surface area contributed by atoms with Crippen molar-refractivity contribution in [2.45, 2.75) is 85.0 Å². The van der Waals surface area contributed by atoms with Gasteiger partial charge in [0.25, 0.3) is 0 Å². The van der Waals surface area contributed by atoms with E-state index in [1.54, 1.807) is 0 Å². The standard InChI is InChI=1S/C17H30N3/c1-4-7-9-11-13-16-18-15(6-3)19-17(20-16)14-12-10-8-5-2/h6H,4-5,7-14H2,1-3H3. The summed E-state index contributed by atoms with van der Waals surface area (Å²) >= 11 is 0. The Morgan fingerprint density at radius 2 is 1.20 bits per heavy atom. The van der Waals surface area contributed by atoms with E-state index in [1.807, 2.05) is 13.3 Å². The van der Waals surface area contributed by atoms with Crippen LogP contribution in [0.15, 0.2) is 0 Å². The van der Waals surface area contributed by atoms with E-state index in [2.05, 4.69) is 28.8 Å². The highest BCUT2D eigenvalue weighted by Crippen LogP contribution is 2.08. The van der Waals surface area contributed by atoms with Crippen molar-refractivity contribution in [3.8, 4) is 0 Å². The van der Waals surface area contributed by atoms with Crippen LogP contribution in [-0.2, 0) is 12.8 Å². The lowest BCUT2D eigenvalue weighted by atomic mass is 10.1. The molecule has 0 aromatic carbocycles. The summed E-state index contributed by atoms with van der Waals surface area (Å²) in [7, 11) is 0. The Morgan fingerprint density at radius 1 is 0.700 bits per heavy atom. The molecule has 1 radical (unpaired) electrons. The van der Waals surface area contributed by atoms with Crippen LogP contribution in [0.4, 0.5) is 0 Å². The normalized spacial score (nSPS) is 10.9. The quantitative estimate of drug-likeness (QED) is 0.550. The Bertz CT molecular complexity index is 333. The summed E-state index contributed by atoms with van der Waals surface area (Å²) in [5.41, 5.74) is 0. The van der Waals surface area contributed by atoms with E-state index in [9.17, 15) is 0 Å². The number of rotatable bonds is 11. The zero-order valence-electron chi connectivity index (χ0n) is 13.5. The Morgan fingerprint density at radius 3 is 1.60 bits per heavy atom. The van der Waals surface area contributed by atoms with E-state index in [1.165, 1.54) is 51.4 Å². The molecule has 0 aliphatic heterocycles. The van der Waals surface area contributed by atoms with Crippen molar-refractivity contribution in [3.63, 3.8) is 0 Å². The molecule has 0 unspecified atom stereocenters. The van der Waals surface area contributed by atoms with E-state index in [4.69, 9.17) is 0 Å². The Labute approximate surface area is 124 Å². The molecule has 1 aromatic rings. The molecule has 1 aromatic heterocycles. The average molecular weight is 276 g/mol. The number of aryl methyl sites for hydroxylation is 2. The SMILES string of the molecule is C[CH]c1nc(CCCCCC)nc(CCCCCC)n1. The lowest BCUT2D eigenvalue weighted by Crippen LogP contribution is -2.07. The minimum Gasteiger partial charge on any atom is -0.218 e. The molecule has 1 heterocycles. The van der Waals surface area contributed by atoms with Gasteiger partial charge < -0.3 is 0 Å². The summed E-state index contributed by atoms with van der Waals surface area (Å²) in [5, 5.41) is 0. The molecule has 0 fully saturated rings. The summed E-state index contributed by atoms with van der Waals surface area (Å²) in [6.45, 7) is 6.47. The maximum Gasteiger partial charge on any atom is 0.136 e. The van der Waals surface area contributed by atoms with Crippen LogP contribution in [-0.4, -0.2) is 15.0 Å². The van der Waals surface area contributed by atoms with Gasteiger partial charge in [0.05, 0.1) is 0 Å². The summed E-state index contributed by atoms with van der Waals surface area (Å²) in [6, 6.07) is 0. The molecule has 3 nitrogen and oxygen atoms in total. The first-order valence-corrected chi connectivity index (χ1v) is 8.33. The van der Waals surface area contributed by atoms with Crippen LogP contribution in [0.1, 0.15) is 89.6 Å². The van der Waals surface area contributed by atoms with E-state index in [0.717, 1.165) is 30.3 Å². The van der Waals surface area contributed by atoms with Gasteiger partial charge in [-0.05, 0) is 12.8 Å². The van der Waals surface area contributed by atoms with Crippen LogP contribution in [0, 0.1) is 6.42 Å². The van der Waals surface area contributed by atoms with Crippen LogP contribution < -0.4 is 0 Å². The van der Waals surface area contributed by atoms with Crippen LogP contribution in [0.3, 0.4) is 0 Å². The van der Waals surface area contributed by atoms with Crippen LogP contribution in [0.5, 0.6) is 0 Å². The highest BCUT2D eigenvalue weighted by Gasteiger charge is 2.05. The zero-order valence-corrected chi connectivity index (χ0v) is 13.5. The van der Waals surface area contributed by atoms with Gasteiger partial charge in [0, 0.05) is 19.3 Å². The summed E-state index contributed by atoms with van der Waals surface area (Å²) in [6.07, 6.45) is 14.1. The first kappa shape index (κ1) is 17.1. The maximum absolute atomic E-state index is 4.63. The van der Waals surface area contributed by atoms with Crippen molar-refractivity contribution >= 4 is 0 Å². The lowest BCUT2D eigenvalue weighted by Gasteiger charge is -2.06. The van der Waals surface area contributed by atoms with Crippen LogP contribution in [0.2, 0.25) is 0 Å². The largest absolute Gasteiger partial charge is 0.218 e. The van der Waals surface area contributed by atoms with Crippen molar-refractivity contribution < 1.29 is 0 Å². The molecule has 0 saturated heterocycles. The molecule has 0 amide bonds. The molecule has 0 saturated carbocycles. The molecule has 0 spiro atoms. The second-order valence-electron chi connectivity index (χ2n) is 5.44. The predicted octanol–water partition coefficient (Wildman–Crippen LogP) is 4.69. The first-order chi connectivity index (χ1) is 9.80. The molecular weight excluding hydrogens is 246 g/mol. The summed E-state index contributed by atoms with van der Waals surface area (Å²) in [5.74, 6) is 2.81. The van der Waals surface area contributed by atoms with Gasteiger partial charge in [0.1, 0.15) is 17.5 Å². The molecule has 0 aliphatic rings. The van der Waals surface area contributed by atoms with Gasteiger partial charge in [-0.25, -0.2) is 15.0 Å².